The van der Waals surface area contributed by atoms with Gasteiger partial charge in [-0.1, -0.05) is 17.7 Å². The Labute approximate surface area is 229 Å². The third-order valence-electron chi connectivity index (χ3n) is 7.70. The molecule has 2 atom stereocenters. The number of likely N-dealkylation sites (tertiary alicyclic amines) is 1. The topological polar surface area (TPSA) is 113 Å². The van der Waals surface area contributed by atoms with Gasteiger partial charge in [0.2, 0.25) is 0 Å². The number of nitrogens with one attached hydrogen (secondary N) is 2. The van der Waals surface area contributed by atoms with Crippen molar-refractivity contribution < 1.29 is 18.7 Å². The summed E-state index contributed by atoms with van der Waals surface area (Å²) in [6.45, 7) is 1.94. The largest absolute Gasteiger partial charge is 0.436 e. The van der Waals surface area contributed by atoms with Gasteiger partial charge >= 0.3 is 6.09 Å². The van der Waals surface area contributed by atoms with E-state index < -0.39 is 17.5 Å². The zero-order valence-corrected chi connectivity index (χ0v) is 22.0. The minimum atomic E-state index is -1.24. The van der Waals surface area contributed by atoms with E-state index >= 15 is 4.39 Å². The van der Waals surface area contributed by atoms with Crippen molar-refractivity contribution in [3.8, 4) is 0 Å². The number of benzene rings is 1. The molecule has 0 bridgehead atoms. The first-order chi connectivity index (χ1) is 18.8. The number of hydrogen-bond donors (Lipinski definition) is 2. The second-order valence-electron chi connectivity index (χ2n) is 10.2. The Morgan fingerprint density at radius 2 is 2.15 bits per heavy atom. The fourth-order valence-corrected chi connectivity index (χ4v) is 5.83. The average molecular weight is 552 g/mol. The fraction of sp³-hybridized carbons (Fsp3) is 0.370. The first kappa shape index (κ1) is 25.4. The number of carbonyl (C=O) groups excluding carboxylic acids is 2. The van der Waals surface area contributed by atoms with Crippen LogP contribution >= 0.6 is 11.6 Å². The molecule has 0 saturated carbocycles. The van der Waals surface area contributed by atoms with E-state index in [-0.39, 0.29) is 23.0 Å². The van der Waals surface area contributed by atoms with Crippen LogP contribution in [-0.2, 0) is 16.9 Å². The molecule has 10 nitrogen and oxygen atoms in total. The van der Waals surface area contributed by atoms with Gasteiger partial charge in [0.1, 0.15) is 0 Å². The molecule has 3 aliphatic rings. The van der Waals surface area contributed by atoms with Gasteiger partial charge in [0, 0.05) is 25.7 Å². The van der Waals surface area contributed by atoms with E-state index in [1.54, 1.807) is 18.3 Å². The molecule has 2 fully saturated rings. The van der Waals surface area contributed by atoms with Gasteiger partial charge in [0.15, 0.2) is 17.2 Å². The van der Waals surface area contributed by atoms with Crippen molar-refractivity contribution in [2.45, 2.75) is 37.5 Å². The Hall–Kier alpha value is -3.83. The lowest BCUT2D eigenvalue weighted by Crippen LogP contribution is -2.42. The molecular formula is C27H27ClFN7O3. The average Bonchev–Trinajstić information content (AvgIpc) is 3.56. The van der Waals surface area contributed by atoms with Gasteiger partial charge in [-0.05, 0) is 56.3 Å². The molecule has 3 aromatic rings. The summed E-state index contributed by atoms with van der Waals surface area (Å²) in [6.07, 6.45) is 5.11. The Bertz CT molecular complexity index is 1440. The normalized spacial score (nSPS) is 22.5. The highest BCUT2D eigenvalue weighted by Gasteiger charge is 2.50. The van der Waals surface area contributed by atoms with Crippen molar-refractivity contribution in [1.82, 2.24) is 25.4 Å². The van der Waals surface area contributed by atoms with Crippen molar-refractivity contribution >= 4 is 35.1 Å². The van der Waals surface area contributed by atoms with E-state index in [1.165, 1.54) is 18.7 Å². The third-order valence-corrected chi connectivity index (χ3v) is 7.99. The van der Waals surface area contributed by atoms with Gasteiger partial charge in [0.25, 0.3) is 5.91 Å². The predicted molar refractivity (Wildman–Crippen MR) is 142 cm³/mol. The molecule has 12 heteroatoms. The first-order valence-corrected chi connectivity index (χ1v) is 13.2. The van der Waals surface area contributed by atoms with Crippen LogP contribution in [0, 0.1) is 5.82 Å². The van der Waals surface area contributed by atoms with E-state index in [0.717, 1.165) is 24.2 Å². The Kier molecular flexibility index (Phi) is 6.56. The maximum atomic E-state index is 15.1. The standard InChI is InChI=1S/C27H27ClFN7O3/c1-35-9-2-3-21(35)19-6-4-16(12-30-19)13-31-25(37)17-11-22(34-32-14-17)36-10-8-27(15-36)23-20(33-26(38)39-27)7-5-18(28)24(23)29/h4-7,11-12,14,21H,2-3,8-10,13,15H2,1H3,(H,31,37)(H,33,38)/t21-,27?/m0/s1. The molecule has 2 amide bonds. The highest BCUT2D eigenvalue weighted by atomic mass is 35.5. The number of fused-ring (bicyclic) bond motifs is 2. The summed E-state index contributed by atoms with van der Waals surface area (Å²) in [6, 6.07) is 8.93. The lowest BCUT2D eigenvalue weighted by Gasteiger charge is -2.35. The number of halogens is 2. The van der Waals surface area contributed by atoms with E-state index in [4.69, 9.17) is 16.3 Å². The van der Waals surface area contributed by atoms with Crippen molar-refractivity contribution in [2.24, 2.45) is 0 Å². The molecule has 39 heavy (non-hydrogen) atoms. The molecule has 5 heterocycles. The molecule has 0 aliphatic carbocycles. The minimum absolute atomic E-state index is 0.0551. The van der Waals surface area contributed by atoms with Gasteiger partial charge in [-0.15, -0.1) is 5.10 Å². The third kappa shape index (κ3) is 4.76. The van der Waals surface area contributed by atoms with E-state index in [0.29, 0.717) is 42.6 Å². The second-order valence-corrected chi connectivity index (χ2v) is 10.6. The van der Waals surface area contributed by atoms with E-state index in [1.807, 2.05) is 17.0 Å². The van der Waals surface area contributed by atoms with Crippen molar-refractivity contribution in [3.05, 3.63) is 75.9 Å². The first-order valence-electron chi connectivity index (χ1n) is 12.8. The number of carbonyl (C=O) groups is 2. The monoisotopic (exact) mass is 551 g/mol. The van der Waals surface area contributed by atoms with Crippen LogP contribution in [0.5, 0.6) is 0 Å². The molecule has 1 aromatic carbocycles. The number of hydrogen-bond acceptors (Lipinski definition) is 8. The highest BCUT2D eigenvalue weighted by Crippen LogP contribution is 2.46. The number of aromatic nitrogens is 3. The van der Waals surface area contributed by atoms with Crippen LogP contribution in [0.1, 0.15) is 52.5 Å². The summed E-state index contributed by atoms with van der Waals surface area (Å²) in [5.74, 6) is -0.520. The molecule has 2 saturated heterocycles. The Morgan fingerprint density at radius 1 is 1.28 bits per heavy atom. The zero-order chi connectivity index (χ0) is 27.1. The van der Waals surface area contributed by atoms with Gasteiger partial charge < -0.3 is 15.0 Å². The predicted octanol–water partition coefficient (Wildman–Crippen LogP) is 4.03. The molecule has 2 N–H and O–H groups in total. The minimum Gasteiger partial charge on any atom is -0.436 e. The number of rotatable bonds is 5. The number of amides is 2. The summed E-state index contributed by atoms with van der Waals surface area (Å²) in [5, 5.41) is 13.6. The lowest BCUT2D eigenvalue weighted by molar-refractivity contribution is 0.0263. The molecule has 202 valence electrons. The summed E-state index contributed by atoms with van der Waals surface area (Å²) >= 11 is 6.04. The van der Waals surface area contributed by atoms with Crippen LogP contribution in [-0.4, -0.2) is 58.8 Å². The molecule has 1 spiro atoms. The molecule has 6 rings (SSSR count). The van der Waals surface area contributed by atoms with Crippen LogP contribution in [0.25, 0.3) is 0 Å². The molecule has 1 unspecified atom stereocenters. The van der Waals surface area contributed by atoms with E-state index in [2.05, 4.69) is 37.8 Å². The Morgan fingerprint density at radius 3 is 2.92 bits per heavy atom. The number of pyridine rings is 1. The summed E-state index contributed by atoms with van der Waals surface area (Å²) < 4.78 is 20.7. The summed E-state index contributed by atoms with van der Waals surface area (Å²) in [4.78, 5) is 33.9. The smallest absolute Gasteiger partial charge is 0.412 e. The SMILES string of the molecule is CN1CCC[C@H]1c1ccc(CNC(=O)c2cnnc(N3CCC4(C3)OC(=O)Nc3ccc(Cl)c(F)c34)c2)cn1. The van der Waals surface area contributed by atoms with Gasteiger partial charge in [-0.3, -0.25) is 20.0 Å². The maximum Gasteiger partial charge on any atom is 0.412 e. The van der Waals surface area contributed by atoms with Crippen LogP contribution in [0.2, 0.25) is 5.02 Å². The van der Waals surface area contributed by atoms with Crippen LogP contribution in [0.15, 0.2) is 42.7 Å². The number of anilines is 2. The van der Waals surface area contributed by atoms with Gasteiger partial charge in [0.05, 0.1) is 46.3 Å². The van der Waals surface area contributed by atoms with Crippen molar-refractivity contribution in [2.75, 3.05) is 36.9 Å². The lowest BCUT2D eigenvalue weighted by atomic mass is 9.89. The molecule has 3 aliphatic heterocycles. The maximum absolute atomic E-state index is 15.1. The number of ether oxygens (including phenoxy) is 1. The fourth-order valence-electron chi connectivity index (χ4n) is 5.67. The van der Waals surface area contributed by atoms with Crippen LogP contribution < -0.4 is 15.5 Å². The molecular weight excluding hydrogens is 525 g/mol. The van der Waals surface area contributed by atoms with Crippen LogP contribution in [0.3, 0.4) is 0 Å². The van der Waals surface area contributed by atoms with Crippen LogP contribution in [0.4, 0.5) is 20.7 Å². The van der Waals surface area contributed by atoms with Crippen molar-refractivity contribution in [3.63, 3.8) is 0 Å². The summed E-state index contributed by atoms with van der Waals surface area (Å²) in [5.41, 5.74) is 1.56. The van der Waals surface area contributed by atoms with Gasteiger partial charge in [-0.25, -0.2) is 9.18 Å². The highest BCUT2D eigenvalue weighted by molar-refractivity contribution is 6.31. The quantitative estimate of drug-likeness (QED) is 0.489. The zero-order valence-electron chi connectivity index (χ0n) is 21.3. The Balaban J connectivity index is 1.14. The second kappa shape index (κ2) is 10.0. The summed E-state index contributed by atoms with van der Waals surface area (Å²) in [7, 11) is 2.11. The van der Waals surface area contributed by atoms with Gasteiger partial charge in [-0.2, -0.15) is 5.10 Å². The molecule has 0 radical (unpaired) electrons. The number of nitrogens with zero attached hydrogens (tertiary/aromatic N) is 5. The molecule has 2 aromatic heterocycles. The van der Waals surface area contributed by atoms with Crippen molar-refractivity contribution in [1.29, 1.82) is 0 Å². The van der Waals surface area contributed by atoms with E-state index in [9.17, 15) is 9.59 Å².